The first-order valence-corrected chi connectivity index (χ1v) is 27.2. The molecule has 0 radical (unpaired) electrons. The van der Waals surface area contributed by atoms with E-state index in [1.165, 1.54) is 65.3 Å². The second kappa shape index (κ2) is 26.6. The highest BCUT2D eigenvalue weighted by atomic mass is 31.0. The molecule has 8 aromatic carbocycles. The van der Waals surface area contributed by atoms with Gasteiger partial charge in [-0.25, -0.2) is 0 Å². The van der Waals surface area contributed by atoms with E-state index in [-0.39, 0.29) is 18.3 Å². The summed E-state index contributed by atoms with van der Waals surface area (Å²) in [6.45, 7) is 17.3. The van der Waals surface area contributed by atoms with Crippen LogP contribution in [0.1, 0.15) is 119 Å². The third kappa shape index (κ3) is 13.7. The summed E-state index contributed by atoms with van der Waals surface area (Å²) >= 11 is 0. The smallest absolute Gasteiger partial charge is 0.182 e. The summed E-state index contributed by atoms with van der Waals surface area (Å²) in [5.41, 5.74) is 10.0. The zero-order valence-electron chi connectivity index (χ0n) is 44.1. The van der Waals surface area contributed by atoms with E-state index in [1.54, 1.807) is 7.11 Å². The third-order valence-electron chi connectivity index (χ3n) is 14.2. The number of hydrogen-bond acceptors (Lipinski definition) is 7. The first kappa shape index (κ1) is 54.5. The van der Waals surface area contributed by atoms with E-state index >= 15 is 0 Å². The molecule has 0 aromatic heterocycles. The van der Waals surface area contributed by atoms with Crippen molar-refractivity contribution in [1.82, 2.24) is 0 Å². The maximum absolute atomic E-state index is 5.92. The van der Waals surface area contributed by atoms with Gasteiger partial charge in [0.05, 0.1) is 18.3 Å². The molecule has 4 atom stereocenters. The first-order chi connectivity index (χ1) is 35.1. The lowest BCUT2D eigenvalue weighted by atomic mass is 9.93. The SMILES string of the molecule is CCc1ccc2cc(OOc3cc4ccc(CC)cc4cc3CC)c(CC)cc2c1.CCc1ccc2cc(OOc3cc4ccc(CC)cc4cc3CC)c(CC)cc2c1.COC1CC(OP)CC(OP)C1. The zero-order chi connectivity index (χ0) is 51.1. The topological polar surface area (TPSA) is 64.6 Å². The molecule has 9 heteroatoms. The average Bonchev–Trinajstić information content (AvgIpc) is 3.44. The summed E-state index contributed by atoms with van der Waals surface area (Å²) in [6, 6.07) is 43.7. The fourth-order valence-electron chi connectivity index (χ4n) is 9.55. The van der Waals surface area contributed by atoms with Crippen LogP contribution in [-0.4, -0.2) is 25.4 Å². The summed E-state index contributed by atoms with van der Waals surface area (Å²) in [5.74, 6) is 3.16. The third-order valence-corrected chi connectivity index (χ3v) is 15.0. The van der Waals surface area contributed by atoms with Crippen LogP contribution in [0.3, 0.4) is 0 Å². The highest BCUT2D eigenvalue weighted by molar-refractivity contribution is 7.10. The van der Waals surface area contributed by atoms with Gasteiger partial charge in [0.1, 0.15) is 0 Å². The standard InChI is InChI=1S/2C28H30O2.C7H16O3P2/c2*1-5-19-9-11-23-17-27(21(7-3)15-25(23)13-19)29-30-28-18-24-12-10-20(6-2)14-26(24)16-22(28)8-4;1-8-5-2-6(9-11)4-7(3-5)10-12/h2*9-18H,5-8H2,1-4H3;5-7H,2-4,11-12H2,1H3. The second-order valence-corrected chi connectivity index (χ2v) is 19.4. The van der Waals surface area contributed by atoms with Crippen molar-refractivity contribution in [3.8, 4) is 23.0 Å². The number of hydrogen-bond donors (Lipinski definition) is 0. The summed E-state index contributed by atoms with van der Waals surface area (Å²) in [4.78, 5) is 23.7. The zero-order valence-corrected chi connectivity index (χ0v) is 46.4. The van der Waals surface area contributed by atoms with Crippen LogP contribution in [0.5, 0.6) is 23.0 Å². The molecule has 0 heterocycles. The Kier molecular flexibility index (Phi) is 20.2. The normalized spacial score (nSPS) is 15.5. The van der Waals surface area contributed by atoms with Crippen molar-refractivity contribution >= 4 is 62.0 Å². The van der Waals surface area contributed by atoms with Crippen molar-refractivity contribution in [3.05, 3.63) is 166 Å². The van der Waals surface area contributed by atoms with Crippen LogP contribution >= 0.6 is 18.9 Å². The molecule has 7 nitrogen and oxygen atoms in total. The summed E-state index contributed by atoms with van der Waals surface area (Å²) < 4.78 is 15.7. The van der Waals surface area contributed by atoms with Gasteiger partial charge in [-0.15, -0.1) is 0 Å². The lowest BCUT2D eigenvalue weighted by Gasteiger charge is -2.32. The maximum Gasteiger partial charge on any atom is 0.182 e. The molecule has 1 saturated carbocycles. The minimum atomic E-state index is 0.249. The Labute approximate surface area is 433 Å². The highest BCUT2D eigenvalue weighted by Crippen LogP contribution is 2.34. The molecule has 1 aliphatic rings. The van der Waals surface area contributed by atoms with E-state index in [0.29, 0.717) is 0 Å². The predicted molar refractivity (Wildman–Crippen MR) is 307 cm³/mol. The lowest BCUT2D eigenvalue weighted by Crippen LogP contribution is -2.34. The van der Waals surface area contributed by atoms with E-state index in [9.17, 15) is 0 Å². The van der Waals surface area contributed by atoms with E-state index < -0.39 is 0 Å². The van der Waals surface area contributed by atoms with Crippen LogP contribution in [0.15, 0.2) is 121 Å². The van der Waals surface area contributed by atoms with Crippen molar-refractivity contribution in [2.75, 3.05) is 7.11 Å². The first-order valence-electron chi connectivity index (χ1n) is 26.2. The maximum atomic E-state index is 5.92. The molecular weight excluding hydrogens is 931 g/mol. The van der Waals surface area contributed by atoms with Crippen LogP contribution in [0.4, 0.5) is 0 Å². The van der Waals surface area contributed by atoms with Gasteiger partial charge in [-0.05, 0) is 187 Å². The predicted octanol–water partition coefficient (Wildman–Crippen LogP) is 16.8. The molecule has 0 N–H and O–H groups in total. The molecule has 1 fully saturated rings. The van der Waals surface area contributed by atoms with Gasteiger partial charge in [0.2, 0.25) is 0 Å². The lowest BCUT2D eigenvalue weighted by molar-refractivity contribution is -0.101. The molecule has 9 rings (SSSR count). The van der Waals surface area contributed by atoms with Crippen molar-refractivity contribution in [2.24, 2.45) is 0 Å². The minimum absolute atomic E-state index is 0.249. The molecule has 0 aliphatic heterocycles. The van der Waals surface area contributed by atoms with Gasteiger partial charge in [0.25, 0.3) is 0 Å². The van der Waals surface area contributed by atoms with Gasteiger partial charge in [0, 0.05) is 45.3 Å². The quantitative estimate of drug-likeness (QED) is 0.0511. The van der Waals surface area contributed by atoms with Crippen molar-refractivity contribution in [1.29, 1.82) is 0 Å². The summed E-state index contributed by atoms with van der Waals surface area (Å²) in [6.07, 6.45) is 11.4. The van der Waals surface area contributed by atoms with Crippen LogP contribution in [-0.2, 0) is 65.2 Å². The van der Waals surface area contributed by atoms with E-state index in [4.69, 9.17) is 33.3 Å². The molecule has 380 valence electrons. The molecule has 4 unspecified atom stereocenters. The van der Waals surface area contributed by atoms with Crippen LogP contribution in [0.2, 0.25) is 0 Å². The minimum Gasteiger partial charge on any atom is -0.381 e. The Bertz CT molecular complexity index is 2650. The fraction of sp³-hybridized carbons (Fsp3) is 0.365. The van der Waals surface area contributed by atoms with Gasteiger partial charge in [-0.1, -0.05) is 128 Å². The van der Waals surface area contributed by atoms with E-state index in [0.717, 1.165) is 116 Å². The second-order valence-electron chi connectivity index (χ2n) is 18.8. The molecule has 0 spiro atoms. The Balaban J connectivity index is 0.000000173. The van der Waals surface area contributed by atoms with E-state index in [2.05, 4.69) is 196 Å². The van der Waals surface area contributed by atoms with Crippen LogP contribution < -0.4 is 19.6 Å². The Hall–Kier alpha value is -5.26. The number of fused-ring (bicyclic) bond motifs is 4. The molecule has 0 bridgehead atoms. The summed E-state index contributed by atoms with van der Waals surface area (Å²) in [5, 5.41) is 9.70. The highest BCUT2D eigenvalue weighted by Gasteiger charge is 2.29. The summed E-state index contributed by atoms with van der Waals surface area (Å²) in [7, 11) is 6.34. The van der Waals surface area contributed by atoms with Gasteiger partial charge in [-0.2, -0.15) is 0 Å². The molecular formula is C63H76O7P2. The number of aryl methyl sites for hydroxylation is 8. The van der Waals surface area contributed by atoms with Crippen molar-refractivity contribution in [3.63, 3.8) is 0 Å². The molecule has 0 saturated heterocycles. The molecule has 0 amide bonds. The van der Waals surface area contributed by atoms with Gasteiger partial charge in [-0.3, -0.25) is 19.6 Å². The van der Waals surface area contributed by atoms with Crippen LogP contribution in [0.25, 0.3) is 43.1 Å². The number of rotatable bonds is 17. The fourth-order valence-corrected chi connectivity index (χ4v) is 10.00. The average molecular weight is 1010 g/mol. The number of ether oxygens (including phenoxy) is 1. The van der Waals surface area contributed by atoms with Crippen LogP contribution in [0, 0.1) is 0 Å². The number of methoxy groups -OCH3 is 1. The van der Waals surface area contributed by atoms with Crippen molar-refractivity contribution in [2.45, 2.75) is 144 Å². The Morgan fingerprint density at radius 1 is 0.319 bits per heavy atom. The van der Waals surface area contributed by atoms with Gasteiger partial charge >= 0.3 is 0 Å². The molecule has 1 aliphatic carbocycles. The Morgan fingerprint density at radius 3 is 0.778 bits per heavy atom. The van der Waals surface area contributed by atoms with E-state index in [1.807, 2.05) is 0 Å². The molecule has 72 heavy (non-hydrogen) atoms. The molecule has 8 aromatic rings. The monoisotopic (exact) mass is 1010 g/mol. The largest absolute Gasteiger partial charge is 0.381 e. The van der Waals surface area contributed by atoms with Gasteiger partial charge in [0.15, 0.2) is 23.0 Å². The number of benzene rings is 8. The van der Waals surface area contributed by atoms with Gasteiger partial charge < -0.3 is 13.8 Å². The Morgan fingerprint density at radius 2 is 0.569 bits per heavy atom. The van der Waals surface area contributed by atoms with Crippen molar-refractivity contribution < 1.29 is 33.3 Å².